The van der Waals surface area contributed by atoms with Crippen LogP contribution in [0.25, 0.3) is 0 Å². The summed E-state index contributed by atoms with van der Waals surface area (Å²) in [6.45, 7) is 2.71. The largest absolute Gasteiger partial charge is 0.371 e. The first-order valence-electron chi connectivity index (χ1n) is 7.56. The van der Waals surface area contributed by atoms with Gasteiger partial charge in [0.2, 0.25) is 0 Å². The van der Waals surface area contributed by atoms with Crippen molar-refractivity contribution in [1.82, 2.24) is 10.3 Å². The highest BCUT2D eigenvalue weighted by molar-refractivity contribution is 6.33. The van der Waals surface area contributed by atoms with Gasteiger partial charge in [0.15, 0.2) is 0 Å². The lowest BCUT2D eigenvalue weighted by Gasteiger charge is -2.33. The van der Waals surface area contributed by atoms with E-state index in [0.29, 0.717) is 18.2 Å². The van der Waals surface area contributed by atoms with E-state index in [4.69, 9.17) is 16.3 Å². The van der Waals surface area contributed by atoms with Gasteiger partial charge < -0.3 is 15.0 Å². The summed E-state index contributed by atoms with van der Waals surface area (Å²) in [7, 11) is 0. The van der Waals surface area contributed by atoms with Gasteiger partial charge in [0, 0.05) is 31.9 Å². The molecule has 108 valence electrons. The molecule has 4 nitrogen and oxygen atoms in total. The fourth-order valence-electron chi connectivity index (χ4n) is 3.14. The maximum absolute atomic E-state index is 6.44. The Balaban J connectivity index is 1.47. The Morgan fingerprint density at radius 3 is 2.65 bits per heavy atom. The molecule has 1 saturated carbocycles. The van der Waals surface area contributed by atoms with E-state index < -0.39 is 0 Å². The number of aromatic nitrogens is 1. The van der Waals surface area contributed by atoms with Crippen LogP contribution < -0.4 is 10.2 Å². The van der Waals surface area contributed by atoms with Gasteiger partial charge >= 0.3 is 0 Å². The molecule has 0 radical (unpaired) electrons. The Bertz CT molecular complexity index is 494. The lowest BCUT2D eigenvalue weighted by molar-refractivity contribution is 0.0302. The molecule has 3 fully saturated rings. The molecule has 0 amide bonds. The smallest absolute Gasteiger partial charge is 0.147 e. The molecule has 0 aromatic carbocycles. The fourth-order valence-corrected chi connectivity index (χ4v) is 3.45. The van der Waals surface area contributed by atoms with Crippen molar-refractivity contribution < 1.29 is 4.74 Å². The molecule has 2 bridgehead atoms. The van der Waals surface area contributed by atoms with Crippen LogP contribution in [0.1, 0.15) is 31.2 Å². The van der Waals surface area contributed by atoms with Crippen molar-refractivity contribution in [3.05, 3.63) is 22.8 Å². The molecule has 1 aromatic rings. The van der Waals surface area contributed by atoms with Crippen LogP contribution >= 0.6 is 11.6 Å². The van der Waals surface area contributed by atoms with Crippen LogP contribution in [0.5, 0.6) is 0 Å². The van der Waals surface area contributed by atoms with Crippen LogP contribution in [-0.2, 0) is 11.3 Å². The molecule has 2 saturated heterocycles. The molecule has 2 unspecified atom stereocenters. The minimum absolute atomic E-state index is 0.364. The quantitative estimate of drug-likeness (QED) is 0.925. The van der Waals surface area contributed by atoms with Crippen LogP contribution in [-0.4, -0.2) is 36.3 Å². The highest BCUT2D eigenvalue weighted by Gasteiger charge is 2.34. The topological polar surface area (TPSA) is 37.4 Å². The Hall–Kier alpha value is -0.840. The minimum atomic E-state index is 0.364. The van der Waals surface area contributed by atoms with Gasteiger partial charge in [-0.15, -0.1) is 0 Å². The van der Waals surface area contributed by atoms with E-state index in [-0.39, 0.29) is 0 Å². The summed E-state index contributed by atoms with van der Waals surface area (Å²) >= 11 is 6.44. The number of anilines is 1. The van der Waals surface area contributed by atoms with E-state index in [1.807, 2.05) is 6.20 Å². The molecule has 1 aromatic heterocycles. The summed E-state index contributed by atoms with van der Waals surface area (Å²) in [5.41, 5.74) is 1.17. The highest BCUT2D eigenvalue weighted by Crippen LogP contribution is 2.32. The average Bonchev–Trinajstić information content (AvgIpc) is 3.21. The molecular weight excluding hydrogens is 274 g/mol. The summed E-state index contributed by atoms with van der Waals surface area (Å²) in [6.07, 6.45) is 7.62. The van der Waals surface area contributed by atoms with E-state index in [9.17, 15) is 0 Å². The summed E-state index contributed by atoms with van der Waals surface area (Å²) in [5, 5.41) is 4.26. The summed E-state index contributed by atoms with van der Waals surface area (Å²) < 4.78 is 5.86. The van der Waals surface area contributed by atoms with Gasteiger partial charge in [0.1, 0.15) is 5.82 Å². The summed E-state index contributed by atoms with van der Waals surface area (Å²) in [6, 6.07) is 2.76. The number of pyridine rings is 1. The number of nitrogens with zero attached hydrogens (tertiary/aromatic N) is 2. The number of ether oxygens (including phenoxy) is 1. The third-order valence-electron chi connectivity index (χ3n) is 4.39. The number of hydrogen-bond donors (Lipinski definition) is 1. The van der Waals surface area contributed by atoms with Gasteiger partial charge in [0.05, 0.1) is 17.2 Å². The molecule has 4 rings (SSSR count). The molecule has 2 atom stereocenters. The summed E-state index contributed by atoms with van der Waals surface area (Å²) in [5.74, 6) is 0.919. The van der Waals surface area contributed by atoms with Crippen molar-refractivity contribution in [3.63, 3.8) is 0 Å². The van der Waals surface area contributed by atoms with E-state index >= 15 is 0 Å². The number of fused-ring (bicyclic) bond motifs is 2. The molecule has 5 heteroatoms. The first-order chi connectivity index (χ1) is 9.78. The number of hydrogen-bond acceptors (Lipinski definition) is 4. The second kappa shape index (κ2) is 5.17. The van der Waals surface area contributed by atoms with Crippen molar-refractivity contribution >= 4 is 17.4 Å². The van der Waals surface area contributed by atoms with Crippen LogP contribution in [0, 0.1) is 0 Å². The van der Waals surface area contributed by atoms with Gasteiger partial charge in [-0.1, -0.05) is 11.6 Å². The van der Waals surface area contributed by atoms with Gasteiger partial charge in [-0.25, -0.2) is 4.98 Å². The monoisotopic (exact) mass is 293 g/mol. The second-order valence-electron chi connectivity index (χ2n) is 6.17. The molecule has 1 N–H and O–H groups in total. The summed E-state index contributed by atoms with van der Waals surface area (Å²) in [4.78, 5) is 6.88. The van der Waals surface area contributed by atoms with Crippen molar-refractivity contribution in [1.29, 1.82) is 0 Å². The molecule has 20 heavy (non-hydrogen) atoms. The number of morpholine rings is 1. The number of halogens is 1. The van der Waals surface area contributed by atoms with E-state index in [2.05, 4.69) is 21.3 Å². The maximum Gasteiger partial charge on any atom is 0.147 e. The van der Waals surface area contributed by atoms with Crippen LogP contribution in [0.2, 0.25) is 5.02 Å². The lowest BCUT2D eigenvalue weighted by atomic mass is 10.2. The maximum atomic E-state index is 6.44. The first kappa shape index (κ1) is 12.9. The predicted octanol–water partition coefficient (Wildman–Crippen LogP) is 2.35. The van der Waals surface area contributed by atoms with Gasteiger partial charge in [-0.2, -0.15) is 0 Å². The van der Waals surface area contributed by atoms with Crippen molar-refractivity contribution in [3.8, 4) is 0 Å². The van der Waals surface area contributed by atoms with Gasteiger partial charge in [0.25, 0.3) is 0 Å². The Morgan fingerprint density at radius 1 is 1.25 bits per heavy atom. The molecule has 1 aliphatic carbocycles. The third-order valence-corrected chi connectivity index (χ3v) is 4.67. The van der Waals surface area contributed by atoms with Crippen molar-refractivity contribution in [2.45, 2.75) is 50.5 Å². The fraction of sp³-hybridized carbons (Fsp3) is 0.667. The SMILES string of the molecule is Clc1cc(CNC2CC2)cnc1N1CC2CCC(C1)O2. The predicted molar refractivity (Wildman–Crippen MR) is 79.2 cm³/mol. The zero-order valence-electron chi connectivity index (χ0n) is 11.5. The average molecular weight is 294 g/mol. The Labute approximate surface area is 124 Å². The molecular formula is C15H20ClN3O. The van der Waals surface area contributed by atoms with Crippen molar-refractivity contribution in [2.24, 2.45) is 0 Å². The van der Waals surface area contributed by atoms with E-state index in [1.165, 1.54) is 31.2 Å². The normalized spacial score (nSPS) is 28.9. The second-order valence-corrected chi connectivity index (χ2v) is 6.57. The van der Waals surface area contributed by atoms with Gasteiger partial charge in [-0.05, 0) is 37.3 Å². The third kappa shape index (κ3) is 2.65. The minimum Gasteiger partial charge on any atom is -0.371 e. The van der Waals surface area contributed by atoms with E-state index in [1.54, 1.807) is 0 Å². The standard InChI is InChI=1S/C15H20ClN3O/c16-14-5-10(6-17-11-1-2-11)7-18-15(14)19-8-12-3-4-13(9-19)20-12/h5,7,11-13,17H,1-4,6,8-9H2. The zero-order valence-corrected chi connectivity index (χ0v) is 12.3. The van der Waals surface area contributed by atoms with Crippen LogP contribution in [0.15, 0.2) is 12.3 Å². The Morgan fingerprint density at radius 2 is 2.00 bits per heavy atom. The highest BCUT2D eigenvalue weighted by atomic mass is 35.5. The van der Waals surface area contributed by atoms with Crippen LogP contribution in [0.4, 0.5) is 5.82 Å². The first-order valence-corrected chi connectivity index (χ1v) is 7.94. The zero-order chi connectivity index (χ0) is 13.5. The van der Waals surface area contributed by atoms with Crippen molar-refractivity contribution in [2.75, 3.05) is 18.0 Å². The molecule has 3 heterocycles. The molecule has 2 aliphatic heterocycles. The number of nitrogens with one attached hydrogen (secondary N) is 1. The van der Waals surface area contributed by atoms with Crippen LogP contribution in [0.3, 0.4) is 0 Å². The lowest BCUT2D eigenvalue weighted by Crippen LogP contribution is -2.43. The molecule has 3 aliphatic rings. The number of rotatable bonds is 4. The van der Waals surface area contributed by atoms with E-state index in [0.717, 1.165) is 30.5 Å². The molecule has 0 spiro atoms. The Kier molecular flexibility index (Phi) is 3.33. The van der Waals surface area contributed by atoms with Gasteiger partial charge in [-0.3, -0.25) is 0 Å².